The van der Waals surface area contributed by atoms with Crippen LogP contribution in [0, 0.1) is 13.8 Å². The molecule has 0 aliphatic heterocycles. The highest BCUT2D eigenvalue weighted by Gasteiger charge is 2.05. The smallest absolute Gasteiger partial charge is 0.136 e. The second kappa shape index (κ2) is 7.77. The van der Waals surface area contributed by atoms with Crippen LogP contribution in [-0.2, 0) is 4.74 Å². The van der Waals surface area contributed by atoms with Gasteiger partial charge in [-0.05, 0) is 61.1 Å². The molecule has 102 valence electrons. The van der Waals surface area contributed by atoms with E-state index in [4.69, 9.17) is 9.47 Å². The van der Waals surface area contributed by atoms with Gasteiger partial charge in [0.1, 0.15) is 12.4 Å². The summed E-state index contributed by atoms with van der Waals surface area (Å²) in [4.78, 5) is 2.10. The Labute approximate surface area is 118 Å². The highest BCUT2D eigenvalue weighted by Crippen LogP contribution is 2.29. The molecular weight excluding hydrogens is 294 g/mol. The molecule has 0 spiro atoms. The first-order valence-electron chi connectivity index (χ1n) is 6.12. The maximum Gasteiger partial charge on any atom is 0.136 e. The Hall–Kier alpha value is -0.580. The summed E-state index contributed by atoms with van der Waals surface area (Å²) < 4.78 is 12.2. The van der Waals surface area contributed by atoms with Crippen LogP contribution < -0.4 is 4.74 Å². The molecule has 0 aliphatic carbocycles. The van der Waals surface area contributed by atoms with Crippen LogP contribution in [0.3, 0.4) is 0 Å². The molecule has 18 heavy (non-hydrogen) atoms. The fourth-order valence-corrected chi connectivity index (χ4v) is 2.43. The molecule has 0 amide bonds. The Bertz CT molecular complexity index is 357. The van der Waals surface area contributed by atoms with Gasteiger partial charge in [0.25, 0.3) is 0 Å². The third-order valence-corrected chi connectivity index (χ3v) is 3.12. The lowest BCUT2D eigenvalue weighted by atomic mass is 10.1. The molecule has 1 aromatic rings. The van der Waals surface area contributed by atoms with Crippen molar-refractivity contribution in [2.24, 2.45) is 0 Å². The Balaban J connectivity index is 2.31. The van der Waals surface area contributed by atoms with Crippen LogP contribution in [0.5, 0.6) is 5.75 Å². The number of aryl methyl sites for hydroxylation is 2. The van der Waals surface area contributed by atoms with Crippen LogP contribution in [-0.4, -0.2) is 45.4 Å². The van der Waals surface area contributed by atoms with Crippen LogP contribution in [0.1, 0.15) is 11.1 Å². The predicted octanol–water partition coefficient (Wildman–Crippen LogP) is 3.02. The van der Waals surface area contributed by atoms with E-state index in [0.717, 1.165) is 28.9 Å². The van der Waals surface area contributed by atoms with Gasteiger partial charge in [0.05, 0.1) is 17.7 Å². The summed E-state index contributed by atoms with van der Waals surface area (Å²) in [5.74, 6) is 0.914. The summed E-state index contributed by atoms with van der Waals surface area (Å²) in [7, 11) is 4.07. The molecule has 3 nitrogen and oxygen atoms in total. The van der Waals surface area contributed by atoms with Gasteiger partial charge in [0.15, 0.2) is 0 Å². The van der Waals surface area contributed by atoms with Crippen molar-refractivity contribution in [1.82, 2.24) is 4.90 Å². The van der Waals surface area contributed by atoms with E-state index in [9.17, 15) is 0 Å². The fourth-order valence-electron chi connectivity index (χ4n) is 1.64. The van der Waals surface area contributed by atoms with Crippen molar-refractivity contribution in [3.8, 4) is 5.75 Å². The first-order valence-corrected chi connectivity index (χ1v) is 6.92. The lowest BCUT2D eigenvalue weighted by molar-refractivity contribution is 0.0886. The zero-order valence-corrected chi connectivity index (χ0v) is 13.2. The zero-order valence-electron chi connectivity index (χ0n) is 11.6. The number of halogens is 1. The first kappa shape index (κ1) is 15.5. The van der Waals surface area contributed by atoms with Crippen molar-refractivity contribution in [2.45, 2.75) is 13.8 Å². The van der Waals surface area contributed by atoms with Gasteiger partial charge in [-0.1, -0.05) is 6.07 Å². The zero-order chi connectivity index (χ0) is 13.5. The minimum atomic E-state index is 0.579. The topological polar surface area (TPSA) is 21.7 Å². The van der Waals surface area contributed by atoms with Gasteiger partial charge in [-0.25, -0.2) is 0 Å². The van der Waals surface area contributed by atoms with Gasteiger partial charge in [0.2, 0.25) is 0 Å². The maximum absolute atomic E-state index is 5.74. The predicted molar refractivity (Wildman–Crippen MR) is 78.5 cm³/mol. The molecule has 0 radical (unpaired) electrons. The van der Waals surface area contributed by atoms with Crippen LogP contribution in [0.4, 0.5) is 0 Å². The largest absolute Gasteiger partial charge is 0.490 e. The molecule has 0 unspecified atom stereocenters. The third-order valence-electron chi connectivity index (χ3n) is 2.53. The molecule has 0 fully saturated rings. The average molecular weight is 316 g/mol. The molecule has 0 atom stereocenters. The number of likely N-dealkylation sites (N-methyl/N-ethyl adjacent to an activating group) is 1. The van der Waals surface area contributed by atoms with Crippen molar-refractivity contribution in [1.29, 1.82) is 0 Å². The second-order valence-electron chi connectivity index (χ2n) is 4.66. The van der Waals surface area contributed by atoms with Crippen molar-refractivity contribution >= 4 is 15.9 Å². The van der Waals surface area contributed by atoms with E-state index in [1.165, 1.54) is 5.56 Å². The van der Waals surface area contributed by atoms with Crippen LogP contribution in [0.2, 0.25) is 0 Å². The first-order chi connectivity index (χ1) is 8.50. The van der Waals surface area contributed by atoms with Crippen LogP contribution in [0.15, 0.2) is 16.6 Å². The Morgan fingerprint density at radius 3 is 2.44 bits per heavy atom. The van der Waals surface area contributed by atoms with Gasteiger partial charge in [-0.3, -0.25) is 0 Å². The SMILES string of the molecule is Cc1cc(C)c(OCCOCCN(C)C)c(Br)c1. The Morgan fingerprint density at radius 2 is 1.83 bits per heavy atom. The van der Waals surface area contributed by atoms with Gasteiger partial charge in [-0.2, -0.15) is 0 Å². The summed E-state index contributed by atoms with van der Waals surface area (Å²) in [6.45, 7) is 7.01. The number of nitrogens with zero attached hydrogens (tertiary/aromatic N) is 1. The molecule has 4 heteroatoms. The lowest BCUT2D eigenvalue weighted by Gasteiger charge is -2.13. The van der Waals surface area contributed by atoms with Gasteiger partial charge in [0, 0.05) is 6.54 Å². The fraction of sp³-hybridized carbons (Fsp3) is 0.571. The summed E-state index contributed by atoms with van der Waals surface area (Å²) in [6, 6.07) is 4.18. The van der Waals surface area contributed by atoms with Crippen molar-refractivity contribution in [2.75, 3.05) is 40.5 Å². The number of benzene rings is 1. The molecule has 0 saturated carbocycles. The van der Waals surface area contributed by atoms with E-state index < -0.39 is 0 Å². The van der Waals surface area contributed by atoms with E-state index in [2.05, 4.69) is 46.8 Å². The van der Waals surface area contributed by atoms with Crippen molar-refractivity contribution in [3.63, 3.8) is 0 Å². The highest BCUT2D eigenvalue weighted by atomic mass is 79.9. The summed E-state index contributed by atoms with van der Waals surface area (Å²) in [6.07, 6.45) is 0. The second-order valence-corrected chi connectivity index (χ2v) is 5.51. The quantitative estimate of drug-likeness (QED) is 0.722. The molecule has 0 heterocycles. The highest BCUT2D eigenvalue weighted by molar-refractivity contribution is 9.10. The number of ether oxygens (including phenoxy) is 2. The van der Waals surface area contributed by atoms with E-state index in [1.807, 2.05) is 14.1 Å². The molecule has 1 rings (SSSR count). The lowest BCUT2D eigenvalue weighted by Crippen LogP contribution is -2.19. The molecule has 0 aliphatic rings. The van der Waals surface area contributed by atoms with E-state index in [1.54, 1.807) is 0 Å². The molecule has 0 bridgehead atoms. The van der Waals surface area contributed by atoms with Crippen molar-refractivity contribution in [3.05, 3.63) is 27.7 Å². The summed E-state index contributed by atoms with van der Waals surface area (Å²) in [5.41, 5.74) is 2.38. The average Bonchev–Trinajstić information content (AvgIpc) is 2.25. The third kappa shape index (κ3) is 5.38. The number of hydrogen-bond acceptors (Lipinski definition) is 3. The van der Waals surface area contributed by atoms with Crippen LogP contribution in [0.25, 0.3) is 0 Å². The number of rotatable bonds is 7. The normalized spacial score (nSPS) is 11.0. The summed E-state index contributed by atoms with van der Waals surface area (Å²) >= 11 is 3.53. The van der Waals surface area contributed by atoms with E-state index in [0.29, 0.717) is 13.2 Å². The van der Waals surface area contributed by atoms with Crippen LogP contribution >= 0.6 is 15.9 Å². The van der Waals surface area contributed by atoms with Gasteiger partial charge >= 0.3 is 0 Å². The van der Waals surface area contributed by atoms with E-state index in [-0.39, 0.29) is 0 Å². The monoisotopic (exact) mass is 315 g/mol. The standard InChI is InChI=1S/C14H22BrNO2/c1-11-9-12(2)14(13(15)10-11)18-8-7-17-6-5-16(3)4/h9-10H,5-8H2,1-4H3. The molecule has 0 saturated heterocycles. The maximum atomic E-state index is 5.74. The van der Waals surface area contributed by atoms with Gasteiger partial charge in [-0.15, -0.1) is 0 Å². The Kier molecular flexibility index (Phi) is 6.68. The number of hydrogen-bond donors (Lipinski definition) is 0. The summed E-state index contributed by atoms with van der Waals surface area (Å²) in [5, 5.41) is 0. The molecule has 1 aromatic carbocycles. The van der Waals surface area contributed by atoms with Crippen molar-refractivity contribution < 1.29 is 9.47 Å². The van der Waals surface area contributed by atoms with Gasteiger partial charge < -0.3 is 14.4 Å². The molecule has 0 N–H and O–H groups in total. The van der Waals surface area contributed by atoms with E-state index >= 15 is 0 Å². The minimum Gasteiger partial charge on any atom is -0.490 e. The Morgan fingerprint density at radius 1 is 1.11 bits per heavy atom. The molecule has 0 aromatic heterocycles. The minimum absolute atomic E-state index is 0.579. The molecular formula is C14H22BrNO2.